The van der Waals surface area contributed by atoms with Gasteiger partial charge in [0.15, 0.2) is 6.10 Å². The van der Waals surface area contributed by atoms with E-state index in [4.69, 9.17) is 24.0 Å². The zero-order valence-corrected chi connectivity index (χ0v) is 20.0. The molecule has 3 fully saturated rings. The fraction of sp³-hybridized carbons (Fsp3) is 0.536. The van der Waals surface area contributed by atoms with Gasteiger partial charge in [-0.1, -0.05) is 61.7 Å². The molecule has 6 nitrogen and oxygen atoms in total. The Kier molecular flexibility index (Phi) is 7.30. The molecule has 0 spiro atoms. The summed E-state index contributed by atoms with van der Waals surface area (Å²) in [7, 11) is 0. The van der Waals surface area contributed by atoms with Gasteiger partial charge in [-0.05, 0) is 54.9 Å². The van der Waals surface area contributed by atoms with Crippen LogP contribution in [0.4, 0.5) is 0 Å². The maximum Gasteiger partial charge on any atom is 0.338 e. The zero-order valence-electron chi connectivity index (χ0n) is 20.0. The third kappa shape index (κ3) is 5.36. The number of aryl methyl sites for hydroxylation is 1. The number of rotatable bonds is 7. The minimum atomic E-state index is -0.456. The van der Waals surface area contributed by atoms with Crippen LogP contribution in [-0.4, -0.2) is 43.6 Å². The van der Waals surface area contributed by atoms with Gasteiger partial charge in [-0.3, -0.25) is 0 Å². The average Bonchev–Trinajstić information content (AvgIpc) is 3.44. The van der Waals surface area contributed by atoms with Crippen LogP contribution in [0.15, 0.2) is 48.5 Å². The third-order valence-corrected chi connectivity index (χ3v) is 7.39. The summed E-state index contributed by atoms with van der Waals surface area (Å²) in [4.78, 5) is 23.8. The normalized spacial score (nSPS) is 30.8. The Balaban J connectivity index is 1.10. The van der Waals surface area contributed by atoms with Crippen molar-refractivity contribution in [2.24, 2.45) is 5.92 Å². The first kappa shape index (κ1) is 23.5. The largest absolute Gasteiger partial charge is 0.453 e. The first-order valence-electron chi connectivity index (χ1n) is 12.4. The van der Waals surface area contributed by atoms with E-state index in [1.54, 1.807) is 0 Å². The van der Waals surface area contributed by atoms with Crippen molar-refractivity contribution in [3.8, 4) is 0 Å². The smallest absolute Gasteiger partial charge is 0.338 e. The average molecular weight is 467 g/mol. The molecule has 3 aliphatic rings. The molecule has 5 rings (SSSR count). The quantitative estimate of drug-likeness (QED) is 0.320. The molecule has 0 aromatic heterocycles. The Hall–Kier alpha value is -2.25. The van der Waals surface area contributed by atoms with Crippen LogP contribution in [0.3, 0.4) is 0 Å². The number of fused-ring (bicyclic) bond motifs is 1. The van der Waals surface area contributed by atoms with Crippen molar-refractivity contribution >= 4 is 5.97 Å². The summed E-state index contributed by atoms with van der Waals surface area (Å²) >= 11 is 0. The van der Waals surface area contributed by atoms with E-state index in [1.807, 2.05) is 43.3 Å². The highest BCUT2D eigenvalue weighted by Gasteiger charge is 2.50. The van der Waals surface area contributed by atoms with E-state index in [0.717, 1.165) is 11.5 Å². The second-order valence-electron chi connectivity index (χ2n) is 10.0. The standard InChI is InChI=1S/C28H34O6/c1-18-3-7-20(8-4-18)15-32-34-25-17-31-26-24(16-30-27(25)26)33-28(29)23-13-11-22(12-14-23)21-9-5-19(2)6-10-21/h3-4,7-8,11-14,19,21,24-27H,5-6,9-10,15-17H2,1-2H3/t19?,21?,24?,25-,26+,27+/m0/s1. The summed E-state index contributed by atoms with van der Waals surface area (Å²) in [6, 6.07) is 16.0. The van der Waals surface area contributed by atoms with Crippen molar-refractivity contribution in [3.05, 3.63) is 70.8 Å². The minimum Gasteiger partial charge on any atom is -0.453 e. The van der Waals surface area contributed by atoms with Gasteiger partial charge in [0.2, 0.25) is 0 Å². The van der Waals surface area contributed by atoms with Gasteiger partial charge in [0.1, 0.15) is 24.9 Å². The van der Waals surface area contributed by atoms with Crippen LogP contribution >= 0.6 is 0 Å². The molecule has 2 aromatic rings. The van der Waals surface area contributed by atoms with Crippen molar-refractivity contribution in [3.63, 3.8) is 0 Å². The fourth-order valence-corrected chi connectivity index (χ4v) is 5.18. The Labute approximate surface area is 201 Å². The predicted molar refractivity (Wildman–Crippen MR) is 126 cm³/mol. The Morgan fingerprint density at radius 2 is 1.53 bits per heavy atom. The molecule has 34 heavy (non-hydrogen) atoms. The van der Waals surface area contributed by atoms with E-state index in [-0.39, 0.29) is 30.9 Å². The molecule has 1 aliphatic carbocycles. The van der Waals surface area contributed by atoms with Crippen molar-refractivity contribution < 1.29 is 28.8 Å². The molecular weight excluding hydrogens is 432 g/mol. The van der Waals surface area contributed by atoms with Gasteiger partial charge >= 0.3 is 5.97 Å². The van der Waals surface area contributed by atoms with Gasteiger partial charge in [0.05, 0.1) is 18.8 Å². The molecule has 2 heterocycles. The lowest BCUT2D eigenvalue weighted by atomic mass is 9.79. The van der Waals surface area contributed by atoms with Crippen LogP contribution in [0.5, 0.6) is 0 Å². The van der Waals surface area contributed by atoms with Gasteiger partial charge in [0, 0.05) is 0 Å². The van der Waals surface area contributed by atoms with Crippen LogP contribution in [0.1, 0.15) is 65.6 Å². The minimum absolute atomic E-state index is 0.289. The summed E-state index contributed by atoms with van der Waals surface area (Å²) in [6.45, 7) is 5.35. The first-order chi connectivity index (χ1) is 16.6. The number of hydrogen-bond donors (Lipinski definition) is 0. The Bertz CT molecular complexity index is 948. The molecule has 2 aliphatic heterocycles. The van der Waals surface area contributed by atoms with E-state index in [0.29, 0.717) is 24.7 Å². The number of benzene rings is 2. The second-order valence-corrected chi connectivity index (χ2v) is 10.0. The molecule has 1 unspecified atom stereocenters. The van der Waals surface area contributed by atoms with Gasteiger partial charge in [-0.15, -0.1) is 0 Å². The van der Waals surface area contributed by atoms with E-state index in [1.165, 1.54) is 36.8 Å². The Morgan fingerprint density at radius 3 is 2.24 bits per heavy atom. The maximum atomic E-state index is 12.8. The molecular formula is C28H34O6. The lowest BCUT2D eigenvalue weighted by molar-refractivity contribution is -0.341. The Morgan fingerprint density at radius 1 is 0.882 bits per heavy atom. The monoisotopic (exact) mass is 466 g/mol. The highest BCUT2D eigenvalue weighted by Crippen LogP contribution is 2.36. The van der Waals surface area contributed by atoms with Crippen molar-refractivity contribution in [1.29, 1.82) is 0 Å². The maximum absolute atomic E-state index is 12.8. The molecule has 0 bridgehead atoms. The topological polar surface area (TPSA) is 63.2 Å². The lowest BCUT2D eigenvalue weighted by Crippen LogP contribution is -2.35. The van der Waals surface area contributed by atoms with E-state index < -0.39 is 6.10 Å². The molecule has 4 atom stereocenters. The van der Waals surface area contributed by atoms with Crippen LogP contribution in [0.25, 0.3) is 0 Å². The molecule has 2 aromatic carbocycles. The molecule has 182 valence electrons. The molecule has 1 saturated carbocycles. The summed E-state index contributed by atoms with van der Waals surface area (Å²) in [5.74, 6) is 1.08. The van der Waals surface area contributed by atoms with Gasteiger partial charge < -0.3 is 14.2 Å². The van der Waals surface area contributed by atoms with Crippen LogP contribution in [0.2, 0.25) is 0 Å². The third-order valence-electron chi connectivity index (χ3n) is 7.39. The van der Waals surface area contributed by atoms with Crippen LogP contribution in [-0.2, 0) is 30.6 Å². The number of esters is 1. The van der Waals surface area contributed by atoms with Crippen molar-refractivity contribution in [2.45, 2.75) is 76.5 Å². The lowest BCUT2D eigenvalue weighted by Gasteiger charge is -2.26. The number of carbonyl (C=O) groups is 1. The van der Waals surface area contributed by atoms with Crippen LogP contribution < -0.4 is 0 Å². The number of ether oxygens (including phenoxy) is 3. The SMILES string of the molecule is Cc1ccc(COO[C@H]2CO[C@@H]3C(OC(=O)c4ccc(C5CCC(C)CC5)cc4)CO[C@H]23)cc1. The van der Waals surface area contributed by atoms with Crippen molar-refractivity contribution in [1.82, 2.24) is 0 Å². The summed E-state index contributed by atoms with van der Waals surface area (Å²) in [5, 5.41) is 0. The van der Waals surface area contributed by atoms with Gasteiger partial charge in [0.25, 0.3) is 0 Å². The van der Waals surface area contributed by atoms with Gasteiger partial charge in [-0.2, -0.15) is 0 Å². The van der Waals surface area contributed by atoms with Crippen molar-refractivity contribution in [2.75, 3.05) is 13.2 Å². The first-order valence-corrected chi connectivity index (χ1v) is 12.4. The summed E-state index contributed by atoms with van der Waals surface area (Å²) in [6.07, 6.45) is 3.54. The molecule has 6 heteroatoms. The molecule has 2 saturated heterocycles. The van der Waals surface area contributed by atoms with E-state index in [9.17, 15) is 4.79 Å². The fourth-order valence-electron chi connectivity index (χ4n) is 5.18. The van der Waals surface area contributed by atoms with E-state index in [2.05, 4.69) is 19.1 Å². The molecule has 0 amide bonds. The number of hydrogen-bond acceptors (Lipinski definition) is 6. The predicted octanol–water partition coefficient (Wildman–Crippen LogP) is 5.13. The molecule has 0 radical (unpaired) electrons. The summed E-state index contributed by atoms with van der Waals surface area (Å²) < 4.78 is 17.5. The van der Waals surface area contributed by atoms with Gasteiger partial charge in [-0.25, -0.2) is 14.6 Å². The molecule has 0 N–H and O–H groups in total. The highest BCUT2D eigenvalue weighted by atomic mass is 17.2. The van der Waals surface area contributed by atoms with Crippen LogP contribution in [0, 0.1) is 12.8 Å². The zero-order chi connectivity index (χ0) is 23.5. The highest BCUT2D eigenvalue weighted by molar-refractivity contribution is 5.89. The number of carbonyl (C=O) groups excluding carboxylic acids is 1. The summed E-state index contributed by atoms with van der Waals surface area (Å²) in [5.41, 5.74) is 4.11. The second kappa shape index (κ2) is 10.6. The van der Waals surface area contributed by atoms with E-state index >= 15 is 0 Å².